The first-order valence-corrected chi connectivity index (χ1v) is 8.83. The van der Waals surface area contributed by atoms with Crippen molar-refractivity contribution in [3.8, 4) is 17.0 Å². The van der Waals surface area contributed by atoms with Crippen LogP contribution in [0.4, 0.5) is 9.52 Å². The summed E-state index contributed by atoms with van der Waals surface area (Å²) in [5, 5.41) is 4.64. The van der Waals surface area contributed by atoms with E-state index in [0.29, 0.717) is 16.6 Å². The number of benzene rings is 2. The molecule has 0 aliphatic carbocycles. The highest BCUT2D eigenvalue weighted by atomic mass is 32.1. The van der Waals surface area contributed by atoms with Gasteiger partial charge in [0.15, 0.2) is 18.3 Å². The minimum absolute atomic E-state index is 0.288. The van der Waals surface area contributed by atoms with Crippen LogP contribution in [0, 0.1) is 5.82 Å². The Kier molecular flexibility index (Phi) is 6.11. The van der Waals surface area contributed by atoms with Crippen LogP contribution in [0.1, 0.15) is 0 Å². The molecular weight excluding hydrogens is 371 g/mol. The molecule has 0 bridgehead atoms. The lowest BCUT2D eigenvalue weighted by molar-refractivity contribution is -0.149. The maximum Gasteiger partial charge on any atom is 0.344 e. The van der Waals surface area contributed by atoms with E-state index >= 15 is 0 Å². The predicted octanol–water partition coefficient (Wildman–Crippen LogP) is 3.51. The standard InChI is InChI=1S/C19H15FN2O4S/c20-14-8-6-13(7-9-14)16-12-27-19(21-16)22-17(23)10-26-18(24)11-25-15-4-2-1-3-5-15/h1-9,12H,10-11H2,(H,21,22,23). The van der Waals surface area contributed by atoms with Crippen molar-refractivity contribution < 1.29 is 23.5 Å². The first-order chi connectivity index (χ1) is 13.1. The van der Waals surface area contributed by atoms with Gasteiger partial charge < -0.3 is 9.47 Å². The number of hydrogen-bond donors (Lipinski definition) is 1. The number of hydrogen-bond acceptors (Lipinski definition) is 6. The third kappa shape index (κ3) is 5.61. The lowest BCUT2D eigenvalue weighted by atomic mass is 10.2. The predicted molar refractivity (Wildman–Crippen MR) is 99.0 cm³/mol. The summed E-state index contributed by atoms with van der Waals surface area (Å²) in [7, 11) is 0. The van der Waals surface area contributed by atoms with Crippen LogP contribution in [0.2, 0.25) is 0 Å². The number of carbonyl (C=O) groups excluding carboxylic acids is 2. The monoisotopic (exact) mass is 386 g/mol. The van der Waals surface area contributed by atoms with Gasteiger partial charge in [-0.3, -0.25) is 10.1 Å². The third-order valence-electron chi connectivity index (χ3n) is 3.35. The van der Waals surface area contributed by atoms with Gasteiger partial charge in [-0.2, -0.15) is 0 Å². The zero-order valence-electron chi connectivity index (χ0n) is 14.1. The molecule has 0 unspecified atom stereocenters. The van der Waals surface area contributed by atoms with E-state index in [1.807, 2.05) is 6.07 Å². The number of nitrogens with one attached hydrogen (secondary N) is 1. The Morgan fingerprint density at radius 3 is 2.52 bits per heavy atom. The van der Waals surface area contributed by atoms with Gasteiger partial charge in [-0.25, -0.2) is 14.2 Å². The summed E-state index contributed by atoms with van der Waals surface area (Å²) in [6, 6.07) is 14.7. The molecule has 3 rings (SSSR count). The highest BCUT2D eigenvalue weighted by molar-refractivity contribution is 7.14. The van der Waals surface area contributed by atoms with Crippen molar-refractivity contribution in [2.45, 2.75) is 0 Å². The number of amides is 1. The minimum Gasteiger partial charge on any atom is -0.482 e. The highest BCUT2D eigenvalue weighted by Gasteiger charge is 2.11. The zero-order valence-corrected chi connectivity index (χ0v) is 14.9. The Morgan fingerprint density at radius 1 is 1.04 bits per heavy atom. The van der Waals surface area contributed by atoms with E-state index in [9.17, 15) is 14.0 Å². The van der Waals surface area contributed by atoms with Crippen LogP contribution in [0.5, 0.6) is 5.75 Å². The Labute approximate surface area is 158 Å². The molecule has 1 aromatic heterocycles. The fraction of sp³-hybridized carbons (Fsp3) is 0.105. The molecule has 0 radical (unpaired) electrons. The Morgan fingerprint density at radius 2 is 1.78 bits per heavy atom. The van der Waals surface area contributed by atoms with Crippen molar-refractivity contribution in [1.82, 2.24) is 4.98 Å². The van der Waals surface area contributed by atoms with E-state index in [2.05, 4.69) is 10.3 Å². The van der Waals surface area contributed by atoms with E-state index in [1.165, 1.54) is 23.5 Å². The number of thiazole rings is 1. The van der Waals surface area contributed by atoms with Gasteiger partial charge in [0.2, 0.25) is 0 Å². The summed E-state index contributed by atoms with van der Waals surface area (Å²) in [6.07, 6.45) is 0. The molecule has 8 heteroatoms. The van der Waals surface area contributed by atoms with E-state index < -0.39 is 18.5 Å². The lowest BCUT2D eigenvalue weighted by Crippen LogP contribution is -2.23. The minimum atomic E-state index is -0.653. The number of carbonyl (C=O) groups is 2. The highest BCUT2D eigenvalue weighted by Crippen LogP contribution is 2.24. The van der Waals surface area contributed by atoms with Crippen LogP contribution in [-0.4, -0.2) is 30.1 Å². The van der Waals surface area contributed by atoms with Gasteiger partial charge in [-0.05, 0) is 36.4 Å². The number of esters is 1. The molecule has 0 fully saturated rings. The molecule has 138 valence electrons. The van der Waals surface area contributed by atoms with Crippen LogP contribution in [0.25, 0.3) is 11.3 Å². The van der Waals surface area contributed by atoms with E-state index in [4.69, 9.17) is 9.47 Å². The van der Waals surface area contributed by atoms with Crippen LogP contribution in [0.15, 0.2) is 60.0 Å². The van der Waals surface area contributed by atoms with Gasteiger partial charge in [0.05, 0.1) is 5.69 Å². The molecule has 0 aliphatic heterocycles. The summed E-state index contributed by atoms with van der Waals surface area (Å²) in [4.78, 5) is 27.7. The average molecular weight is 386 g/mol. The molecule has 2 aromatic carbocycles. The van der Waals surface area contributed by atoms with E-state index in [-0.39, 0.29) is 12.4 Å². The summed E-state index contributed by atoms with van der Waals surface area (Å²) in [6.45, 7) is -0.730. The van der Waals surface area contributed by atoms with Gasteiger partial charge in [-0.1, -0.05) is 18.2 Å². The fourth-order valence-corrected chi connectivity index (χ4v) is 2.82. The normalized spacial score (nSPS) is 10.3. The van der Waals surface area contributed by atoms with Gasteiger partial charge in [0.1, 0.15) is 11.6 Å². The Bertz CT molecular complexity index is 913. The lowest BCUT2D eigenvalue weighted by Gasteiger charge is -2.06. The second kappa shape index (κ2) is 8.91. The van der Waals surface area contributed by atoms with E-state index in [0.717, 1.165) is 5.56 Å². The molecule has 0 spiro atoms. The SMILES string of the molecule is O=C(COC(=O)COc1ccccc1)Nc1nc(-c2ccc(F)cc2)cs1. The maximum absolute atomic E-state index is 13.0. The van der Waals surface area contributed by atoms with Crippen LogP contribution < -0.4 is 10.1 Å². The van der Waals surface area contributed by atoms with Gasteiger partial charge in [0, 0.05) is 10.9 Å². The average Bonchev–Trinajstić information content (AvgIpc) is 3.14. The molecule has 27 heavy (non-hydrogen) atoms. The molecule has 3 aromatic rings. The number of aromatic nitrogens is 1. The number of para-hydroxylation sites is 1. The topological polar surface area (TPSA) is 77.5 Å². The van der Waals surface area contributed by atoms with Gasteiger partial charge >= 0.3 is 5.97 Å². The zero-order chi connectivity index (χ0) is 19.1. The molecule has 1 heterocycles. The summed E-state index contributed by atoms with van der Waals surface area (Å²) in [5.74, 6) is -0.959. The second-order valence-electron chi connectivity index (χ2n) is 5.36. The number of rotatable bonds is 7. The molecule has 0 atom stereocenters. The fourth-order valence-electron chi connectivity index (χ4n) is 2.09. The van der Waals surface area contributed by atoms with Gasteiger partial charge in [0.25, 0.3) is 5.91 Å². The molecule has 0 saturated heterocycles. The number of nitrogens with zero attached hydrogens (tertiary/aromatic N) is 1. The maximum atomic E-state index is 13.0. The molecule has 0 aliphatic rings. The van der Waals surface area contributed by atoms with Crippen LogP contribution in [0.3, 0.4) is 0 Å². The Hall–Kier alpha value is -3.26. The van der Waals surface area contributed by atoms with Crippen LogP contribution in [-0.2, 0) is 14.3 Å². The van der Waals surface area contributed by atoms with E-state index in [1.54, 1.807) is 41.8 Å². The van der Waals surface area contributed by atoms with Crippen molar-refractivity contribution in [1.29, 1.82) is 0 Å². The third-order valence-corrected chi connectivity index (χ3v) is 4.11. The summed E-state index contributed by atoms with van der Waals surface area (Å²) >= 11 is 1.22. The molecule has 6 nitrogen and oxygen atoms in total. The molecular formula is C19H15FN2O4S. The molecule has 1 N–H and O–H groups in total. The quantitative estimate of drug-likeness (QED) is 0.629. The second-order valence-corrected chi connectivity index (χ2v) is 6.21. The number of halogens is 1. The van der Waals surface area contributed by atoms with Crippen molar-refractivity contribution >= 4 is 28.3 Å². The first-order valence-electron chi connectivity index (χ1n) is 7.95. The molecule has 0 saturated carbocycles. The number of ether oxygens (including phenoxy) is 2. The Balaban J connectivity index is 1.44. The van der Waals surface area contributed by atoms with Gasteiger partial charge in [-0.15, -0.1) is 11.3 Å². The largest absolute Gasteiger partial charge is 0.482 e. The van der Waals surface area contributed by atoms with Crippen LogP contribution >= 0.6 is 11.3 Å². The summed E-state index contributed by atoms with van der Waals surface area (Å²) in [5.41, 5.74) is 1.35. The first kappa shape index (κ1) is 18.5. The molecule has 1 amide bonds. The van der Waals surface area contributed by atoms with Crippen molar-refractivity contribution in [2.75, 3.05) is 18.5 Å². The van der Waals surface area contributed by atoms with Crippen molar-refractivity contribution in [2.24, 2.45) is 0 Å². The smallest absolute Gasteiger partial charge is 0.344 e. The number of anilines is 1. The summed E-state index contributed by atoms with van der Waals surface area (Å²) < 4.78 is 23.1. The van der Waals surface area contributed by atoms with Crippen molar-refractivity contribution in [3.05, 3.63) is 65.8 Å². The van der Waals surface area contributed by atoms with Crippen molar-refractivity contribution in [3.63, 3.8) is 0 Å².